The first-order valence-corrected chi connectivity index (χ1v) is 7.58. The molecule has 3 rings (SSSR count). The Morgan fingerprint density at radius 1 is 1.35 bits per heavy atom. The third-order valence-electron chi connectivity index (χ3n) is 3.95. The van der Waals surface area contributed by atoms with Gasteiger partial charge in [-0.1, -0.05) is 6.07 Å². The second-order valence-corrected chi connectivity index (χ2v) is 5.72. The molecule has 0 aliphatic carbocycles. The predicted molar refractivity (Wildman–Crippen MR) is 85.1 cm³/mol. The van der Waals surface area contributed by atoms with E-state index >= 15 is 0 Å². The van der Waals surface area contributed by atoms with Crippen molar-refractivity contribution in [2.24, 2.45) is 0 Å². The number of hydrogen-bond acceptors (Lipinski definition) is 4. The summed E-state index contributed by atoms with van der Waals surface area (Å²) in [5, 5.41) is 7.00. The normalized spacial score (nSPS) is 17.3. The molecule has 0 saturated carbocycles. The summed E-state index contributed by atoms with van der Waals surface area (Å²) in [5.41, 5.74) is 1.39. The van der Waals surface area contributed by atoms with Gasteiger partial charge in [0.25, 0.3) is 5.91 Å². The highest BCUT2D eigenvalue weighted by atomic mass is 16.2. The quantitative estimate of drug-likeness (QED) is 0.934. The zero-order chi connectivity index (χ0) is 16.4. The number of nitrogens with zero attached hydrogens (tertiary/aromatic N) is 4. The van der Waals surface area contributed by atoms with E-state index in [1.807, 2.05) is 29.9 Å². The zero-order valence-corrected chi connectivity index (χ0v) is 13.2. The van der Waals surface area contributed by atoms with Crippen molar-refractivity contribution in [3.63, 3.8) is 0 Å². The van der Waals surface area contributed by atoms with Crippen LogP contribution in [0, 0.1) is 6.92 Å². The van der Waals surface area contributed by atoms with E-state index in [0.29, 0.717) is 24.6 Å². The number of likely N-dealkylation sites (tertiary alicyclic amines) is 1. The Morgan fingerprint density at radius 3 is 2.91 bits per heavy atom. The first kappa shape index (κ1) is 15.2. The fraction of sp³-hybridized carbons (Fsp3) is 0.375. The van der Waals surface area contributed by atoms with Gasteiger partial charge in [-0.15, -0.1) is 0 Å². The van der Waals surface area contributed by atoms with Gasteiger partial charge in [-0.2, -0.15) is 5.10 Å². The number of hydrogen-bond donors (Lipinski definition) is 1. The second-order valence-electron chi connectivity index (χ2n) is 5.72. The zero-order valence-electron chi connectivity index (χ0n) is 13.2. The van der Waals surface area contributed by atoms with Gasteiger partial charge in [0.1, 0.15) is 5.69 Å². The van der Waals surface area contributed by atoms with E-state index < -0.39 is 0 Å². The maximum Gasteiger partial charge on any atom is 0.272 e. The van der Waals surface area contributed by atoms with Crippen LogP contribution >= 0.6 is 0 Å². The van der Waals surface area contributed by atoms with Crippen LogP contribution in [0.4, 0.5) is 5.82 Å². The van der Waals surface area contributed by atoms with Crippen LogP contribution in [0.3, 0.4) is 0 Å². The molecular formula is C16H19N5O2. The van der Waals surface area contributed by atoms with E-state index in [-0.39, 0.29) is 17.9 Å². The molecule has 7 nitrogen and oxygen atoms in total. The monoisotopic (exact) mass is 313 g/mol. The van der Waals surface area contributed by atoms with E-state index in [0.717, 1.165) is 12.0 Å². The van der Waals surface area contributed by atoms with Crippen molar-refractivity contribution < 1.29 is 9.59 Å². The van der Waals surface area contributed by atoms with Gasteiger partial charge in [0.15, 0.2) is 5.82 Å². The molecule has 1 N–H and O–H groups in total. The standard InChI is InChI=1S/C16H19N5O2/c1-11-4-3-7-17-15(11)16(23)20-8-5-13(10-20)21-9-6-14(19-21)18-12(2)22/h3-4,6-7,9,13H,5,8,10H2,1-2H3,(H,18,19,22). The van der Waals surface area contributed by atoms with E-state index in [4.69, 9.17) is 0 Å². The lowest BCUT2D eigenvalue weighted by molar-refractivity contribution is -0.114. The van der Waals surface area contributed by atoms with Gasteiger partial charge >= 0.3 is 0 Å². The van der Waals surface area contributed by atoms with Crippen LogP contribution in [0.2, 0.25) is 0 Å². The van der Waals surface area contributed by atoms with Gasteiger partial charge < -0.3 is 10.2 Å². The smallest absolute Gasteiger partial charge is 0.272 e. The molecular weight excluding hydrogens is 294 g/mol. The maximum atomic E-state index is 12.6. The predicted octanol–water partition coefficient (Wildman–Crippen LogP) is 1.63. The molecule has 1 aliphatic heterocycles. The van der Waals surface area contributed by atoms with E-state index in [9.17, 15) is 9.59 Å². The molecule has 0 spiro atoms. The number of nitrogens with one attached hydrogen (secondary N) is 1. The Labute approximate surface area is 134 Å². The van der Waals surface area contributed by atoms with Crippen LogP contribution < -0.4 is 5.32 Å². The maximum absolute atomic E-state index is 12.6. The molecule has 2 amide bonds. The minimum Gasteiger partial charge on any atom is -0.335 e. The fourth-order valence-corrected chi connectivity index (χ4v) is 2.79. The Kier molecular flexibility index (Phi) is 4.10. The highest BCUT2D eigenvalue weighted by molar-refractivity contribution is 5.93. The Hall–Kier alpha value is -2.70. The molecule has 1 aliphatic rings. The van der Waals surface area contributed by atoms with Crippen molar-refractivity contribution in [1.29, 1.82) is 0 Å². The van der Waals surface area contributed by atoms with Gasteiger partial charge in [0.2, 0.25) is 5.91 Å². The summed E-state index contributed by atoms with van der Waals surface area (Å²) in [7, 11) is 0. The molecule has 23 heavy (non-hydrogen) atoms. The number of aromatic nitrogens is 3. The molecule has 0 bridgehead atoms. The number of anilines is 1. The first-order valence-electron chi connectivity index (χ1n) is 7.58. The lowest BCUT2D eigenvalue weighted by Gasteiger charge is -2.17. The summed E-state index contributed by atoms with van der Waals surface area (Å²) >= 11 is 0. The molecule has 1 saturated heterocycles. The molecule has 3 heterocycles. The third kappa shape index (κ3) is 3.23. The number of amides is 2. The highest BCUT2D eigenvalue weighted by Crippen LogP contribution is 2.23. The van der Waals surface area contributed by atoms with E-state index in [1.165, 1.54) is 6.92 Å². The molecule has 1 fully saturated rings. The second kappa shape index (κ2) is 6.20. The van der Waals surface area contributed by atoms with Crippen LogP contribution in [-0.2, 0) is 4.79 Å². The van der Waals surface area contributed by atoms with Gasteiger partial charge in [-0.25, -0.2) is 0 Å². The Morgan fingerprint density at radius 2 is 2.17 bits per heavy atom. The van der Waals surface area contributed by atoms with Gasteiger partial charge in [0, 0.05) is 38.5 Å². The topological polar surface area (TPSA) is 80.1 Å². The molecule has 7 heteroatoms. The number of aryl methyl sites for hydroxylation is 1. The summed E-state index contributed by atoms with van der Waals surface area (Å²) in [6, 6.07) is 5.59. The van der Waals surface area contributed by atoms with Crippen molar-refractivity contribution in [3.05, 3.63) is 41.9 Å². The Balaban J connectivity index is 1.69. The van der Waals surface area contributed by atoms with Crippen LogP contribution in [0.25, 0.3) is 0 Å². The minimum absolute atomic E-state index is 0.0418. The third-order valence-corrected chi connectivity index (χ3v) is 3.95. The van der Waals surface area contributed by atoms with Gasteiger partial charge in [-0.05, 0) is 25.0 Å². The van der Waals surface area contributed by atoms with Crippen LogP contribution in [-0.4, -0.2) is 44.6 Å². The average Bonchev–Trinajstić information content (AvgIpc) is 3.15. The van der Waals surface area contributed by atoms with Gasteiger partial charge in [-0.3, -0.25) is 19.3 Å². The summed E-state index contributed by atoms with van der Waals surface area (Å²) in [5.74, 6) is 0.340. The fourth-order valence-electron chi connectivity index (χ4n) is 2.79. The summed E-state index contributed by atoms with van der Waals surface area (Å²) in [4.78, 5) is 29.6. The van der Waals surface area contributed by atoms with Crippen molar-refractivity contribution in [1.82, 2.24) is 19.7 Å². The summed E-state index contributed by atoms with van der Waals surface area (Å²) < 4.78 is 1.81. The van der Waals surface area contributed by atoms with E-state index in [1.54, 1.807) is 17.2 Å². The summed E-state index contributed by atoms with van der Waals surface area (Å²) in [6.45, 7) is 4.61. The largest absolute Gasteiger partial charge is 0.335 e. The lowest BCUT2D eigenvalue weighted by Crippen LogP contribution is -2.30. The number of carbonyl (C=O) groups excluding carboxylic acids is 2. The van der Waals surface area contributed by atoms with Crippen LogP contribution in [0.15, 0.2) is 30.6 Å². The number of rotatable bonds is 3. The first-order chi connectivity index (χ1) is 11.0. The number of carbonyl (C=O) groups is 2. The molecule has 0 aromatic carbocycles. The average molecular weight is 313 g/mol. The molecule has 1 atom stereocenters. The molecule has 1 unspecified atom stereocenters. The van der Waals surface area contributed by atoms with Crippen molar-refractivity contribution in [3.8, 4) is 0 Å². The van der Waals surface area contributed by atoms with Crippen molar-refractivity contribution in [2.75, 3.05) is 18.4 Å². The molecule has 2 aromatic rings. The van der Waals surface area contributed by atoms with Gasteiger partial charge in [0.05, 0.1) is 6.04 Å². The van der Waals surface area contributed by atoms with E-state index in [2.05, 4.69) is 15.4 Å². The number of pyridine rings is 1. The molecule has 120 valence electrons. The highest BCUT2D eigenvalue weighted by Gasteiger charge is 2.29. The SMILES string of the molecule is CC(=O)Nc1ccn(C2CCN(C(=O)c3ncccc3C)C2)n1. The van der Waals surface area contributed by atoms with Crippen LogP contribution in [0.5, 0.6) is 0 Å². The van der Waals surface area contributed by atoms with Crippen LogP contribution in [0.1, 0.15) is 35.4 Å². The van der Waals surface area contributed by atoms with Crippen molar-refractivity contribution in [2.45, 2.75) is 26.3 Å². The molecule has 2 aromatic heterocycles. The Bertz CT molecular complexity index is 740. The minimum atomic E-state index is -0.149. The van der Waals surface area contributed by atoms with Crippen molar-refractivity contribution >= 4 is 17.6 Å². The summed E-state index contributed by atoms with van der Waals surface area (Å²) in [6.07, 6.45) is 4.30. The molecule has 0 radical (unpaired) electrons. The lowest BCUT2D eigenvalue weighted by atomic mass is 10.2.